The second-order valence-corrected chi connectivity index (χ2v) is 8.19. The molecule has 1 aliphatic heterocycles. The van der Waals surface area contributed by atoms with E-state index < -0.39 is 15.8 Å². The molecule has 1 aliphatic rings. The lowest BCUT2D eigenvalue weighted by Gasteiger charge is -2.14. The largest absolute Gasteiger partial charge is 0.421 e. The summed E-state index contributed by atoms with van der Waals surface area (Å²) in [5.41, 5.74) is 0.374. The zero-order valence-corrected chi connectivity index (χ0v) is 16.7. The van der Waals surface area contributed by atoms with Crippen molar-refractivity contribution in [3.05, 3.63) is 66.7 Å². The predicted molar refractivity (Wildman–Crippen MR) is 107 cm³/mol. The number of nitrogens with one attached hydrogen (secondary N) is 1. The van der Waals surface area contributed by atoms with E-state index in [-0.39, 0.29) is 47.0 Å². The number of carbonyl (C=O) groups excluding carboxylic acids is 2. The molecule has 0 spiro atoms. The summed E-state index contributed by atoms with van der Waals surface area (Å²) in [4.78, 5) is 32.3. The Morgan fingerprint density at radius 3 is 2.16 bits per heavy atom. The molecule has 2 heterocycles. The molecule has 1 aromatic heterocycles. The fraction of sp³-hybridized carbons (Fsp3) is 0.100. The summed E-state index contributed by atoms with van der Waals surface area (Å²) in [6, 6.07) is 10.9. The molecule has 11 heteroatoms. The molecule has 4 rings (SSSR count). The molecule has 2 aromatic carbocycles. The van der Waals surface area contributed by atoms with E-state index in [9.17, 15) is 22.4 Å². The molecule has 0 unspecified atom stereocenters. The highest BCUT2D eigenvalue weighted by Gasteiger charge is 2.30. The number of benzene rings is 2. The molecule has 3 aromatic rings. The Hall–Kier alpha value is -3.86. The van der Waals surface area contributed by atoms with Crippen LogP contribution in [0.2, 0.25) is 0 Å². The van der Waals surface area contributed by atoms with Gasteiger partial charge >= 0.3 is 6.01 Å². The lowest BCUT2D eigenvalue weighted by molar-refractivity contribution is -0.121. The van der Waals surface area contributed by atoms with Gasteiger partial charge in [-0.05, 0) is 36.4 Å². The monoisotopic (exact) mass is 442 g/mol. The molecule has 0 radical (unpaired) electrons. The van der Waals surface area contributed by atoms with Gasteiger partial charge in [-0.3, -0.25) is 19.2 Å². The zero-order chi connectivity index (χ0) is 22.0. The first-order valence-corrected chi connectivity index (χ1v) is 10.5. The smallest absolute Gasteiger partial charge is 0.322 e. The van der Waals surface area contributed by atoms with E-state index in [2.05, 4.69) is 14.7 Å². The topological polar surface area (TPSA) is 119 Å². The van der Waals surface area contributed by atoms with Crippen LogP contribution in [-0.4, -0.2) is 30.2 Å². The summed E-state index contributed by atoms with van der Waals surface area (Å²) >= 11 is 0. The first kappa shape index (κ1) is 20.4. The van der Waals surface area contributed by atoms with Gasteiger partial charge in [0.2, 0.25) is 11.8 Å². The minimum Gasteiger partial charge on any atom is -0.421 e. The summed E-state index contributed by atoms with van der Waals surface area (Å²) in [5.74, 6) is -1.30. The minimum absolute atomic E-state index is 0.0640. The van der Waals surface area contributed by atoms with Gasteiger partial charge in [-0.15, -0.1) is 0 Å². The van der Waals surface area contributed by atoms with Crippen molar-refractivity contribution in [2.75, 3.05) is 9.62 Å². The molecule has 31 heavy (non-hydrogen) atoms. The molecular weight excluding hydrogens is 427 g/mol. The van der Waals surface area contributed by atoms with Crippen LogP contribution < -0.4 is 14.4 Å². The van der Waals surface area contributed by atoms with Gasteiger partial charge < -0.3 is 4.74 Å². The second kappa shape index (κ2) is 8.11. The number of hydrogen-bond donors (Lipinski definition) is 1. The van der Waals surface area contributed by atoms with Crippen LogP contribution >= 0.6 is 0 Å². The Kier molecular flexibility index (Phi) is 5.34. The van der Waals surface area contributed by atoms with Gasteiger partial charge in [0.15, 0.2) is 11.6 Å². The maximum Gasteiger partial charge on any atom is 0.322 e. The SMILES string of the molecule is O=C1CCC(=O)N1c1ccc(S(=O)(=O)Nc2cnc(Oc3ccccc3F)nc2)cc1. The fourth-order valence-electron chi connectivity index (χ4n) is 2.90. The third kappa shape index (κ3) is 4.36. The van der Waals surface area contributed by atoms with Crippen molar-refractivity contribution in [3.63, 3.8) is 0 Å². The third-order valence-corrected chi connectivity index (χ3v) is 5.77. The standard InChI is InChI=1S/C20H15FN4O5S/c21-16-3-1-2-4-17(16)30-20-22-11-13(12-23-20)24-31(28,29)15-7-5-14(6-8-15)25-18(26)9-10-19(25)27/h1-8,11-12,24H,9-10H2. The van der Waals surface area contributed by atoms with E-state index in [1.54, 1.807) is 6.07 Å². The van der Waals surface area contributed by atoms with Crippen molar-refractivity contribution in [1.82, 2.24) is 9.97 Å². The molecule has 9 nitrogen and oxygen atoms in total. The highest BCUT2D eigenvalue weighted by molar-refractivity contribution is 7.92. The molecule has 2 amide bonds. The number of rotatable bonds is 6. The number of ether oxygens (including phenoxy) is 1. The second-order valence-electron chi connectivity index (χ2n) is 6.51. The van der Waals surface area contributed by atoms with Gasteiger partial charge in [-0.2, -0.15) is 0 Å². The molecular formula is C20H15FN4O5S. The Balaban J connectivity index is 1.46. The Morgan fingerprint density at radius 1 is 0.935 bits per heavy atom. The highest BCUT2D eigenvalue weighted by atomic mass is 32.2. The zero-order valence-electron chi connectivity index (χ0n) is 15.9. The molecule has 158 valence electrons. The predicted octanol–water partition coefficient (Wildman–Crippen LogP) is 2.86. The quantitative estimate of drug-likeness (QED) is 0.583. The third-order valence-electron chi connectivity index (χ3n) is 4.38. The van der Waals surface area contributed by atoms with E-state index in [0.29, 0.717) is 5.69 Å². The number of carbonyl (C=O) groups is 2. The van der Waals surface area contributed by atoms with Gasteiger partial charge in [-0.25, -0.2) is 22.8 Å². The number of sulfonamides is 1. The van der Waals surface area contributed by atoms with Crippen molar-refractivity contribution >= 4 is 33.2 Å². The summed E-state index contributed by atoms with van der Waals surface area (Å²) in [6.07, 6.45) is 2.63. The van der Waals surface area contributed by atoms with Crippen LogP contribution in [0.3, 0.4) is 0 Å². The Labute approximate surface area is 176 Å². The number of para-hydroxylation sites is 1. The van der Waals surface area contributed by atoms with Crippen LogP contribution in [0.5, 0.6) is 11.8 Å². The van der Waals surface area contributed by atoms with Gasteiger partial charge in [0.05, 0.1) is 28.7 Å². The van der Waals surface area contributed by atoms with Crippen LogP contribution in [-0.2, 0) is 19.6 Å². The van der Waals surface area contributed by atoms with Crippen LogP contribution in [0, 0.1) is 5.82 Å². The van der Waals surface area contributed by atoms with E-state index in [0.717, 1.165) is 4.90 Å². The lowest BCUT2D eigenvalue weighted by atomic mass is 10.3. The van der Waals surface area contributed by atoms with E-state index >= 15 is 0 Å². The summed E-state index contributed by atoms with van der Waals surface area (Å²) in [7, 11) is -3.98. The Morgan fingerprint density at radius 2 is 1.55 bits per heavy atom. The number of nitrogens with zero attached hydrogens (tertiary/aromatic N) is 3. The average Bonchev–Trinajstić information content (AvgIpc) is 3.09. The molecule has 0 saturated carbocycles. The molecule has 0 atom stereocenters. The van der Waals surface area contributed by atoms with Crippen molar-refractivity contribution in [2.45, 2.75) is 17.7 Å². The fourth-order valence-corrected chi connectivity index (χ4v) is 3.93. The molecule has 1 saturated heterocycles. The molecule has 1 N–H and O–H groups in total. The summed E-state index contributed by atoms with van der Waals surface area (Å²) < 4.78 is 46.3. The number of imide groups is 1. The van der Waals surface area contributed by atoms with Crippen LogP contribution in [0.25, 0.3) is 0 Å². The lowest BCUT2D eigenvalue weighted by Crippen LogP contribution is -2.28. The molecule has 0 aliphatic carbocycles. The highest BCUT2D eigenvalue weighted by Crippen LogP contribution is 2.25. The van der Waals surface area contributed by atoms with Crippen LogP contribution in [0.15, 0.2) is 65.8 Å². The normalized spacial score (nSPS) is 14.0. The minimum atomic E-state index is -3.98. The maximum atomic E-state index is 13.6. The van der Waals surface area contributed by atoms with Crippen molar-refractivity contribution in [1.29, 1.82) is 0 Å². The van der Waals surface area contributed by atoms with Gasteiger partial charge in [-0.1, -0.05) is 12.1 Å². The van der Waals surface area contributed by atoms with Gasteiger partial charge in [0.25, 0.3) is 10.0 Å². The number of aromatic nitrogens is 2. The summed E-state index contributed by atoms with van der Waals surface area (Å²) in [5, 5.41) is 0. The number of amides is 2. The first-order chi connectivity index (χ1) is 14.8. The Bertz CT molecular complexity index is 1230. The van der Waals surface area contributed by atoms with Crippen LogP contribution in [0.4, 0.5) is 15.8 Å². The van der Waals surface area contributed by atoms with Crippen molar-refractivity contribution < 1.29 is 27.1 Å². The number of anilines is 2. The van der Waals surface area contributed by atoms with Gasteiger partial charge in [0, 0.05) is 12.8 Å². The van der Waals surface area contributed by atoms with E-state index in [4.69, 9.17) is 4.74 Å². The number of halogens is 1. The van der Waals surface area contributed by atoms with Crippen LogP contribution in [0.1, 0.15) is 12.8 Å². The molecule has 1 fully saturated rings. The summed E-state index contributed by atoms with van der Waals surface area (Å²) in [6.45, 7) is 0. The average molecular weight is 442 g/mol. The van der Waals surface area contributed by atoms with Crippen molar-refractivity contribution in [2.24, 2.45) is 0 Å². The van der Waals surface area contributed by atoms with E-state index in [1.807, 2.05) is 0 Å². The molecule has 0 bridgehead atoms. The van der Waals surface area contributed by atoms with Crippen molar-refractivity contribution in [3.8, 4) is 11.8 Å². The maximum absolute atomic E-state index is 13.6. The number of hydrogen-bond acceptors (Lipinski definition) is 7. The van der Waals surface area contributed by atoms with E-state index in [1.165, 1.54) is 54.9 Å². The van der Waals surface area contributed by atoms with Gasteiger partial charge in [0.1, 0.15) is 0 Å². The first-order valence-electron chi connectivity index (χ1n) is 9.06.